The van der Waals surface area contributed by atoms with Gasteiger partial charge in [-0.15, -0.1) is 11.3 Å². The summed E-state index contributed by atoms with van der Waals surface area (Å²) < 4.78 is 5.36. The summed E-state index contributed by atoms with van der Waals surface area (Å²) in [6.45, 7) is 6.55. The molecule has 0 radical (unpaired) electrons. The van der Waals surface area contributed by atoms with Crippen molar-refractivity contribution in [1.82, 2.24) is 0 Å². The Hall–Kier alpha value is -1.81. The number of ether oxygens (including phenoxy) is 1. The van der Waals surface area contributed by atoms with Crippen molar-refractivity contribution < 1.29 is 9.53 Å². The lowest BCUT2D eigenvalue weighted by Gasteiger charge is -2.06. The van der Waals surface area contributed by atoms with Crippen molar-refractivity contribution in [3.05, 3.63) is 45.6 Å². The molecule has 19 heavy (non-hydrogen) atoms. The van der Waals surface area contributed by atoms with E-state index in [1.807, 2.05) is 51.1 Å². The number of aryl methyl sites for hydroxylation is 2. The molecule has 0 atom stereocenters. The normalized spacial score (nSPS) is 10.3. The van der Waals surface area contributed by atoms with Crippen LogP contribution in [-0.4, -0.2) is 12.5 Å². The van der Waals surface area contributed by atoms with Gasteiger partial charge in [0, 0.05) is 15.4 Å². The van der Waals surface area contributed by atoms with Gasteiger partial charge in [0.25, 0.3) is 5.91 Å². The van der Waals surface area contributed by atoms with Gasteiger partial charge in [-0.1, -0.05) is 0 Å². The van der Waals surface area contributed by atoms with Crippen molar-refractivity contribution in [3.8, 4) is 5.75 Å². The lowest BCUT2D eigenvalue weighted by molar-refractivity contribution is 0.102. The molecule has 2 rings (SSSR count). The largest absolute Gasteiger partial charge is 0.494 e. The fourth-order valence-electron chi connectivity index (χ4n) is 1.86. The fraction of sp³-hybridized carbons (Fsp3) is 0.267. The molecule has 1 amide bonds. The van der Waals surface area contributed by atoms with E-state index in [4.69, 9.17) is 4.74 Å². The molecular weight excluding hydrogens is 258 g/mol. The number of carbonyl (C=O) groups excluding carboxylic acids is 1. The highest BCUT2D eigenvalue weighted by molar-refractivity contribution is 7.12. The van der Waals surface area contributed by atoms with Crippen molar-refractivity contribution in [2.45, 2.75) is 20.8 Å². The van der Waals surface area contributed by atoms with Crippen LogP contribution in [0.1, 0.15) is 27.0 Å². The molecule has 1 aromatic heterocycles. The topological polar surface area (TPSA) is 38.3 Å². The predicted octanol–water partition coefficient (Wildman–Crippen LogP) is 4.02. The summed E-state index contributed by atoms with van der Waals surface area (Å²) in [7, 11) is 0. The molecule has 0 aliphatic heterocycles. The number of hydrogen-bond acceptors (Lipinski definition) is 3. The Labute approximate surface area is 117 Å². The molecule has 1 heterocycles. The van der Waals surface area contributed by atoms with E-state index < -0.39 is 0 Å². The third kappa shape index (κ3) is 3.35. The van der Waals surface area contributed by atoms with E-state index in [1.165, 1.54) is 0 Å². The van der Waals surface area contributed by atoms with Crippen molar-refractivity contribution >= 4 is 22.9 Å². The van der Waals surface area contributed by atoms with Gasteiger partial charge in [-0.25, -0.2) is 0 Å². The van der Waals surface area contributed by atoms with Gasteiger partial charge < -0.3 is 10.1 Å². The quantitative estimate of drug-likeness (QED) is 0.915. The minimum atomic E-state index is -0.0639. The van der Waals surface area contributed by atoms with Crippen LogP contribution < -0.4 is 10.1 Å². The summed E-state index contributed by atoms with van der Waals surface area (Å²) in [4.78, 5) is 14.3. The molecule has 0 aliphatic rings. The van der Waals surface area contributed by atoms with E-state index in [0.717, 1.165) is 26.8 Å². The third-order valence-electron chi connectivity index (χ3n) is 2.71. The van der Waals surface area contributed by atoms with Crippen molar-refractivity contribution in [3.63, 3.8) is 0 Å². The highest BCUT2D eigenvalue weighted by Crippen LogP contribution is 2.22. The maximum absolute atomic E-state index is 12.1. The Morgan fingerprint density at radius 1 is 1.26 bits per heavy atom. The molecule has 0 spiro atoms. The molecule has 0 saturated heterocycles. The first kappa shape index (κ1) is 13.6. The highest BCUT2D eigenvalue weighted by atomic mass is 32.1. The average molecular weight is 275 g/mol. The number of thiophene rings is 1. The second-order valence-corrected chi connectivity index (χ2v) is 5.70. The first-order valence-corrected chi connectivity index (χ1v) is 7.03. The summed E-state index contributed by atoms with van der Waals surface area (Å²) in [5.41, 5.74) is 1.52. The predicted molar refractivity (Wildman–Crippen MR) is 79.4 cm³/mol. The lowest BCUT2D eigenvalue weighted by atomic mass is 10.2. The van der Waals surface area contributed by atoms with Gasteiger partial charge in [0.15, 0.2) is 0 Å². The van der Waals surface area contributed by atoms with E-state index in [1.54, 1.807) is 11.3 Å². The van der Waals surface area contributed by atoms with Gasteiger partial charge in [-0.2, -0.15) is 0 Å². The van der Waals surface area contributed by atoms with Crippen molar-refractivity contribution in [2.75, 3.05) is 11.9 Å². The fourth-order valence-corrected chi connectivity index (χ4v) is 2.78. The van der Waals surface area contributed by atoms with Crippen molar-refractivity contribution in [2.24, 2.45) is 0 Å². The lowest BCUT2D eigenvalue weighted by Crippen LogP contribution is -2.11. The zero-order valence-electron chi connectivity index (χ0n) is 11.3. The molecule has 0 aliphatic carbocycles. The van der Waals surface area contributed by atoms with Crippen LogP contribution in [0.3, 0.4) is 0 Å². The Kier molecular flexibility index (Phi) is 4.22. The number of hydrogen-bond donors (Lipinski definition) is 1. The Bertz CT molecular complexity index is 572. The van der Waals surface area contributed by atoms with Gasteiger partial charge in [0.1, 0.15) is 5.75 Å². The number of rotatable bonds is 4. The SMILES string of the molecule is CCOc1ccc(NC(=O)c2cc(C)sc2C)cc1. The van der Waals surface area contributed by atoms with Crippen molar-refractivity contribution in [1.29, 1.82) is 0 Å². The molecule has 0 saturated carbocycles. The summed E-state index contributed by atoms with van der Waals surface area (Å²) in [5.74, 6) is 0.745. The van der Waals surface area contributed by atoms with E-state index in [-0.39, 0.29) is 5.91 Å². The van der Waals surface area contributed by atoms with Crippen LogP contribution in [0.25, 0.3) is 0 Å². The Morgan fingerprint density at radius 2 is 1.95 bits per heavy atom. The van der Waals surface area contributed by atoms with Gasteiger partial charge >= 0.3 is 0 Å². The molecule has 4 heteroatoms. The monoisotopic (exact) mass is 275 g/mol. The number of carbonyl (C=O) groups is 1. The van der Waals surface area contributed by atoms with Gasteiger partial charge in [-0.05, 0) is 51.1 Å². The molecule has 100 valence electrons. The van der Waals surface area contributed by atoms with Crippen LogP contribution in [-0.2, 0) is 0 Å². The van der Waals surface area contributed by atoms with Gasteiger partial charge in [0.05, 0.1) is 12.2 Å². The summed E-state index contributed by atoms with van der Waals surface area (Å²) >= 11 is 1.64. The minimum Gasteiger partial charge on any atom is -0.494 e. The first-order valence-electron chi connectivity index (χ1n) is 6.21. The molecule has 3 nitrogen and oxygen atoms in total. The van der Waals surface area contributed by atoms with Gasteiger partial charge in [0.2, 0.25) is 0 Å². The molecular formula is C15H17NO2S. The molecule has 0 unspecified atom stereocenters. The standard InChI is InChI=1S/C15H17NO2S/c1-4-18-13-7-5-12(6-8-13)16-15(17)14-9-10(2)19-11(14)3/h5-9H,4H2,1-3H3,(H,16,17). The van der Waals surface area contributed by atoms with Crippen LogP contribution in [0, 0.1) is 13.8 Å². The van der Waals surface area contributed by atoms with Gasteiger partial charge in [-0.3, -0.25) is 4.79 Å². The maximum atomic E-state index is 12.1. The van der Waals surface area contributed by atoms with Crippen LogP contribution in [0.4, 0.5) is 5.69 Å². The zero-order valence-corrected chi connectivity index (χ0v) is 12.1. The summed E-state index contributed by atoms with van der Waals surface area (Å²) in [6.07, 6.45) is 0. The smallest absolute Gasteiger partial charge is 0.256 e. The minimum absolute atomic E-state index is 0.0639. The third-order valence-corrected chi connectivity index (χ3v) is 3.67. The number of amides is 1. The molecule has 1 aromatic carbocycles. The molecule has 0 bridgehead atoms. The second-order valence-electron chi connectivity index (χ2n) is 4.24. The van der Waals surface area contributed by atoms with Crippen LogP contribution in [0.5, 0.6) is 5.75 Å². The number of benzene rings is 1. The van der Waals surface area contributed by atoms with E-state index in [2.05, 4.69) is 5.32 Å². The van der Waals surface area contributed by atoms with E-state index in [0.29, 0.717) is 6.61 Å². The molecule has 2 aromatic rings. The number of anilines is 1. The zero-order chi connectivity index (χ0) is 13.8. The maximum Gasteiger partial charge on any atom is 0.256 e. The average Bonchev–Trinajstić information content (AvgIpc) is 2.71. The Morgan fingerprint density at radius 3 is 2.47 bits per heavy atom. The molecule has 0 fully saturated rings. The summed E-state index contributed by atoms with van der Waals surface area (Å²) in [5, 5.41) is 2.89. The van der Waals surface area contributed by atoms with Crippen LogP contribution >= 0.6 is 11.3 Å². The Balaban J connectivity index is 2.08. The van der Waals surface area contributed by atoms with Crippen LogP contribution in [0.2, 0.25) is 0 Å². The molecule has 1 N–H and O–H groups in total. The highest BCUT2D eigenvalue weighted by Gasteiger charge is 2.11. The second kappa shape index (κ2) is 5.89. The van der Waals surface area contributed by atoms with Crippen LogP contribution in [0.15, 0.2) is 30.3 Å². The summed E-state index contributed by atoms with van der Waals surface area (Å²) in [6, 6.07) is 9.31. The number of nitrogens with one attached hydrogen (secondary N) is 1. The van der Waals surface area contributed by atoms with E-state index >= 15 is 0 Å². The van der Waals surface area contributed by atoms with E-state index in [9.17, 15) is 4.79 Å². The first-order chi connectivity index (χ1) is 9.10.